The molecule has 154 valence electrons. The van der Waals surface area contributed by atoms with Crippen molar-refractivity contribution in [2.24, 2.45) is 7.05 Å². The Morgan fingerprint density at radius 3 is 2.83 bits per heavy atom. The van der Waals surface area contributed by atoms with Crippen LogP contribution in [0.3, 0.4) is 0 Å². The summed E-state index contributed by atoms with van der Waals surface area (Å²) in [4.78, 5) is 29.4. The van der Waals surface area contributed by atoms with E-state index >= 15 is 0 Å². The predicted molar refractivity (Wildman–Crippen MR) is 111 cm³/mol. The van der Waals surface area contributed by atoms with Crippen LogP contribution >= 0.6 is 0 Å². The van der Waals surface area contributed by atoms with Gasteiger partial charge in [-0.25, -0.2) is 4.98 Å². The summed E-state index contributed by atoms with van der Waals surface area (Å²) in [6.45, 7) is 3.60. The van der Waals surface area contributed by atoms with Gasteiger partial charge in [-0.05, 0) is 25.5 Å². The molecule has 3 heterocycles. The smallest absolute Gasteiger partial charge is 0.274 e. The highest BCUT2D eigenvalue weighted by Gasteiger charge is 2.22. The van der Waals surface area contributed by atoms with Crippen LogP contribution in [0.15, 0.2) is 35.4 Å². The van der Waals surface area contributed by atoms with E-state index in [1.54, 1.807) is 45.4 Å². The number of nitrogens with zero attached hydrogens (tertiary/aromatic N) is 4. The molecule has 0 aliphatic rings. The molecule has 10 nitrogen and oxygen atoms in total. The van der Waals surface area contributed by atoms with Crippen molar-refractivity contribution < 1.29 is 9.90 Å². The van der Waals surface area contributed by atoms with Gasteiger partial charge in [0.25, 0.3) is 11.5 Å². The summed E-state index contributed by atoms with van der Waals surface area (Å²) in [5, 5.41) is 23.1. The van der Waals surface area contributed by atoms with Gasteiger partial charge in [-0.2, -0.15) is 9.61 Å². The molecule has 0 spiro atoms. The number of carbonyl (C=O) groups is 1. The number of amides is 1. The summed E-state index contributed by atoms with van der Waals surface area (Å²) in [5.41, 5.74) is -0.256. The Kier molecular flexibility index (Phi) is 5.55. The number of anilines is 3. The molecule has 0 aliphatic heterocycles. The molecule has 0 aromatic carbocycles. The fraction of sp³-hybridized carbons (Fsp3) is 0.368. The van der Waals surface area contributed by atoms with Crippen molar-refractivity contribution >= 4 is 28.9 Å². The maximum absolute atomic E-state index is 12.6. The third-order valence-electron chi connectivity index (χ3n) is 4.75. The first kappa shape index (κ1) is 20.3. The molecular weight excluding hydrogens is 374 g/mol. The summed E-state index contributed by atoms with van der Waals surface area (Å²) in [6.07, 6.45) is 3.59. The SMILES string of the molecule is CCC(C)(O)CNC(=O)c1cnn2c(NC)cc(Nc3cccn(C)c3=O)nc12. The van der Waals surface area contributed by atoms with Crippen molar-refractivity contribution in [1.29, 1.82) is 0 Å². The summed E-state index contributed by atoms with van der Waals surface area (Å²) in [5.74, 6) is 0.584. The standard InChI is InChI=1S/C19H25N7O3/c1-5-19(2,29)11-21-17(27)12-10-22-26-15(20-3)9-14(24-16(12)26)23-13-7-6-8-25(4)18(13)28/h6-10,20,29H,5,11H2,1-4H3,(H,21,27)(H,23,24). The molecule has 0 bridgehead atoms. The third kappa shape index (κ3) is 4.21. The number of rotatable bonds is 7. The zero-order valence-electron chi connectivity index (χ0n) is 16.9. The monoisotopic (exact) mass is 399 g/mol. The molecule has 3 rings (SSSR count). The number of hydrogen-bond acceptors (Lipinski definition) is 7. The molecule has 4 N–H and O–H groups in total. The maximum Gasteiger partial charge on any atom is 0.274 e. The van der Waals surface area contributed by atoms with Crippen molar-refractivity contribution in [3.8, 4) is 0 Å². The lowest BCUT2D eigenvalue weighted by atomic mass is 10.0. The molecular formula is C19H25N7O3. The van der Waals surface area contributed by atoms with Gasteiger partial charge in [0.1, 0.15) is 22.9 Å². The normalized spacial score (nSPS) is 13.1. The second-order valence-electron chi connectivity index (χ2n) is 7.07. The number of fused-ring (bicyclic) bond motifs is 1. The highest BCUT2D eigenvalue weighted by Crippen LogP contribution is 2.21. The Balaban J connectivity index is 1.97. The van der Waals surface area contributed by atoms with Gasteiger partial charge >= 0.3 is 0 Å². The van der Waals surface area contributed by atoms with Crippen molar-refractivity contribution in [1.82, 2.24) is 24.5 Å². The first-order chi connectivity index (χ1) is 13.8. The van der Waals surface area contributed by atoms with Crippen molar-refractivity contribution in [3.05, 3.63) is 46.5 Å². The van der Waals surface area contributed by atoms with E-state index in [2.05, 4.69) is 26.0 Å². The minimum atomic E-state index is -0.998. The summed E-state index contributed by atoms with van der Waals surface area (Å²) < 4.78 is 2.96. The molecule has 1 atom stereocenters. The number of nitrogens with one attached hydrogen (secondary N) is 3. The van der Waals surface area contributed by atoms with Crippen LogP contribution in [0.2, 0.25) is 0 Å². The van der Waals surface area contributed by atoms with Crippen LogP contribution < -0.4 is 21.5 Å². The minimum absolute atomic E-state index is 0.108. The molecule has 0 aliphatic carbocycles. The Morgan fingerprint density at radius 1 is 1.38 bits per heavy atom. The van der Waals surface area contributed by atoms with Crippen molar-refractivity contribution in [2.45, 2.75) is 25.9 Å². The molecule has 0 saturated carbocycles. The number of pyridine rings is 1. The van der Waals surface area contributed by atoms with Gasteiger partial charge in [0, 0.05) is 32.9 Å². The van der Waals surface area contributed by atoms with Gasteiger partial charge in [-0.15, -0.1) is 0 Å². The highest BCUT2D eigenvalue weighted by atomic mass is 16.3. The lowest BCUT2D eigenvalue weighted by molar-refractivity contribution is 0.0518. The fourth-order valence-electron chi connectivity index (χ4n) is 2.69. The molecule has 0 fully saturated rings. The van der Waals surface area contributed by atoms with E-state index in [1.807, 2.05) is 6.92 Å². The number of carbonyl (C=O) groups excluding carboxylic acids is 1. The number of aromatic nitrogens is 4. The van der Waals surface area contributed by atoms with E-state index in [0.717, 1.165) is 0 Å². The van der Waals surface area contributed by atoms with Gasteiger partial charge in [-0.3, -0.25) is 9.59 Å². The molecule has 0 radical (unpaired) electrons. The van der Waals surface area contributed by atoms with Crippen LogP contribution in [0.25, 0.3) is 5.65 Å². The van der Waals surface area contributed by atoms with Crippen molar-refractivity contribution in [3.63, 3.8) is 0 Å². The van der Waals surface area contributed by atoms with E-state index in [9.17, 15) is 14.7 Å². The topological polar surface area (TPSA) is 126 Å². The second-order valence-corrected chi connectivity index (χ2v) is 7.07. The summed E-state index contributed by atoms with van der Waals surface area (Å²) in [7, 11) is 3.38. The van der Waals surface area contributed by atoms with E-state index in [1.165, 1.54) is 15.3 Å². The van der Waals surface area contributed by atoms with Crippen LogP contribution in [0, 0.1) is 0 Å². The van der Waals surface area contributed by atoms with Gasteiger partial charge < -0.3 is 25.6 Å². The Labute approximate surface area is 167 Å². The maximum atomic E-state index is 12.6. The van der Waals surface area contributed by atoms with E-state index in [0.29, 0.717) is 29.4 Å². The fourth-order valence-corrected chi connectivity index (χ4v) is 2.69. The van der Waals surface area contributed by atoms with Gasteiger partial charge in [0.15, 0.2) is 5.65 Å². The predicted octanol–water partition coefficient (Wildman–Crippen LogP) is 1.10. The Bertz CT molecular complexity index is 1100. The van der Waals surface area contributed by atoms with Gasteiger partial charge in [-0.1, -0.05) is 6.92 Å². The molecule has 29 heavy (non-hydrogen) atoms. The zero-order chi connectivity index (χ0) is 21.2. The molecule has 1 unspecified atom stereocenters. The Hall–Kier alpha value is -3.40. The van der Waals surface area contributed by atoms with Crippen molar-refractivity contribution in [2.75, 3.05) is 24.2 Å². The third-order valence-corrected chi connectivity index (χ3v) is 4.75. The lowest BCUT2D eigenvalue weighted by Crippen LogP contribution is -2.40. The van der Waals surface area contributed by atoms with E-state index < -0.39 is 11.5 Å². The second kappa shape index (κ2) is 7.92. The largest absolute Gasteiger partial charge is 0.388 e. The van der Waals surface area contributed by atoms with Crippen LogP contribution in [0.1, 0.15) is 30.6 Å². The first-order valence-electron chi connectivity index (χ1n) is 9.25. The lowest BCUT2D eigenvalue weighted by Gasteiger charge is -2.21. The van der Waals surface area contributed by atoms with Gasteiger partial charge in [0.05, 0.1) is 11.8 Å². The molecule has 10 heteroatoms. The summed E-state index contributed by atoms with van der Waals surface area (Å²) >= 11 is 0. The number of hydrogen-bond donors (Lipinski definition) is 4. The van der Waals surface area contributed by atoms with Crippen LogP contribution in [0.4, 0.5) is 17.3 Å². The van der Waals surface area contributed by atoms with Crippen LogP contribution in [0.5, 0.6) is 0 Å². The minimum Gasteiger partial charge on any atom is -0.388 e. The number of aliphatic hydroxyl groups is 1. The average molecular weight is 399 g/mol. The average Bonchev–Trinajstić information content (AvgIpc) is 3.13. The highest BCUT2D eigenvalue weighted by molar-refractivity contribution is 6.00. The molecule has 0 saturated heterocycles. The molecule has 3 aromatic rings. The van der Waals surface area contributed by atoms with Gasteiger partial charge in [0.2, 0.25) is 0 Å². The van der Waals surface area contributed by atoms with Crippen LogP contribution in [-0.4, -0.2) is 49.4 Å². The van der Waals surface area contributed by atoms with E-state index in [-0.39, 0.29) is 17.7 Å². The molecule has 1 amide bonds. The number of aryl methyl sites for hydroxylation is 1. The Morgan fingerprint density at radius 2 is 2.14 bits per heavy atom. The zero-order valence-corrected chi connectivity index (χ0v) is 16.9. The summed E-state index contributed by atoms with van der Waals surface area (Å²) in [6, 6.07) is 5.10. The van der Waals surface area contributed by atoms with E-state index in [4.69, 9.17) is 0 Å². The molecule has 3 aromatic heterocycles. The van der Waals surface area contributed by atoms with Crippen LogP contribution in [-0.2, 0) is 7.05 Å². The first-order valence-corrected chi connectivity index (χ1v) is 9.25. The quantitative estimate of drug-likeness (QED) is 0.469.